The number of carbonyl (C=O) groups is 1. The maximum Gasteiger partial charge on any atom is 0.419 e. The molecule has 15 heavy (non-hydrogen) atoms. The quantitative estimate of drug-likeness (QED) is 0.588. The predicted molar refractivity (Wildman–Crippen MR) is 45.8 cm³/mol. The van der Waals surface area contributed by atoms with Crippen LogP contribution in [-0.4, -0.2) is 17.3 Å². The van der Waals surface area contributed by atoms with Crippen LogP contribution in [0.2, 0.25) is 0 Å². The number of carboxylic acid groups (broad SMARTS) is 1. The molecular weight excluding hydrogens is 216 g/mol. The van der Waals surface area contributed by atoms with Gasteiger partial charge in [-0.3, -0.25) is 4.79 Å². The molecule has 0 aliphatic rings. The highest BCUT2D eigenvalue weighted by Crippen LogP contribution is 2.32. The zero-order valence-electron chi connectivity index (χ0n) is 7.57. The summed E-state index contributed by atoms with van der Waals surface area (Å²) in [6.07, 6.45) is -5.27. The number of hydrogen-bond acceptors (Lipinski definition) is 1. The number of halogens is 4. The lowest BCUT2D eigenvalue weighted by molar-refractivity contribution is -0.136. The molecule has 0 amide bonds. The van der Waals surface area contributed by atoms with Crippen molar-refractivity contribution in [2.75, 3.05) is 0 Å². The summed E-state index contributed by atoms with van der Waals surface area (Å²) in [6.45, 7) is 5.58. The first-order valence-electron chi connectivity index (χ1n) is 3.68. The van der Waals surface area contributed by atoms with Crippen LogP contribution < -0.4 is 0 Å². The van der Waals surface area contributed by atoms with Gasteiger partial charge in [-0.15, -0.1) is 0 Å². The van der Waals surface area contributed by atoms with E-state index in [4.69, 9.17) is 5.11 Å². The van der Waals surface area contributed by atoms with Crippen LogP contribution in [0.3, 0.4) is 0 Å². The smallest absolute Gasteiger partial charge is 0.419 e. The van der Waals surface area contributed by atoms with Crippen LogP contribution in [0, 0.1) is 0 Å². The highest BCUT2D eigenvalue weighted by Gasteiger charge is 2.35. The summed E-state index contributed by atoms with van der Waals surface area (Å²) in [5, 5.41) is 8.25. The third kappa shape index (κ3) is 4.99. The second-order valence-electron chi connectivity index (χ2n) is 2.69. The fourth-order valence-corrected chi connectivity index (χ4v) is 0.763. The Morgan fingerprint density at radius 1 is 1.33 bits per heavy atom. The molecule has 0 radical (unpaired) electrons. The molecule has 0 aromatic rings. The van der Waals surface area contributed by atoms with Crippen molar-refractivity contribution in [1.29, 1.82) is 0 Å². The second kappa shape index (κ2) is 4.77. The van der Waals surface area contributed by atoms with Gasteiger partial charge in [0.2, 0.25) is 0 Å². The molecule has 84 valence electrons. The topological polar surface area (TPSA) is 37.3 Å². The van der Waals surface area contributed by atoms with Gasteiger partial charge in [0, 0.05) is 0 Å². The van der Waals surface area contributed by atoms with Gasteiger partial charge in [0.1, 0.15) is 5.83 Å². The number of rotatable bonds is 4. The van der Waals surface area contributed by atoms with E-state index in [1.165, 1.54) is 0 Å². The third-order valence-electron chi connectivity index (χ3n) is 1.32. The summed E-state index contributed by atoms with van der Waals surface area (Å²) in [4.78, 5) is 10.1. The molecule has 0 aromatic heterocycles. The first kappa shape index (κ1) is 13.4. The fourth-order valence-electron chi connectivity index (χ4n) is 0.763. The Labute approximate surface area is 83.2 Å². The number of hydrogen-bond donors (Lipinski definition) is 1. The molecule has 0 atom stereocenters. The molecule has 2 nitrogen and oxygen atoms in total. The number of aliphatic carboxylic acids is 1. The van der Waals surface area contributed by atoms with E-state index in [2.05, 4.69) is 13.2 Å². The van der Waals surface area contributed by atoms with Gasteiger partial charge in [-0.2, -0.15) is 13.2 Å². The summed E-state index contributed by atoms with van der Waals surface area (Å²) >= 11 is 0. The number of alkyl halides is 3. The van der Waals surface area contributed by atoms with Gasteiger partial charge in [-0.05, 0) is 11.6 Å². The summed E-state index contributed by atoms with van der Waals surface area (Å²) < 4.78 is 48.7. The van der Waals surface area contributed by atoms with Crippen LogP contribution >= 0.6 is 0 Å². The molecule has 1 N–H and O–H groups in total. The zero-order valence-corrected chi connectivity index (χ0v) is 7.57. The Bertz CT molecular complexity index is 325. The van der Waals surface area contributed by atoms with Gasteiger partial charge < -0.3 is 5.11 Å². The first-order valence-corrected chi connectivity index (χ1v) is 3.68. The maximum absolute atomic E-state index is 12.4. The van der Waals surface area contributed by atoms with E-state index in [-0.39, 0.29) is 5.57 Å². The Morgan fingerprint density at radius 3 is 2.07 bits per heavy atom. The average molecular weight is 224 g/mol. The van der Waals surface area contributed by atoms with E-state index < -0.39 is 30.0 Å². The van der Waals surface area contributed by atoms with E-state index in [1.54, 1.807) is 0 Å². The highest BCUT2D eigenvalue weighted by molar-refractivity contribution is 5.70. The van der Waals surface area contributed by atoms with E-state index in [0.29, 0.717) is 6.08 Å². The van der Waals surface area contributed by atoms with Crippen molar-refractivity contribution in [2.45, 2.75) is 12.6 Å². The average Bonchev–Trinajstić information content (AvgIpc) is 1.95. The lowest BCUT2D eigenvalue weighted by atomic mass is 10.1. The van der Waals surface area contributed by atoms with Crippen LogP contribution in [0.1, 0.15) is 6.42 Å². The molecule has 0 unspecified atom stereocenters. The van der Waals surface area contributed by atoms with Crippen LogP contribution in [0.5, 0.6) is 0 Å². The van der Waals surface area contributed by atoms with Crippen LogP contribution in [0.15, 0.2) is 36.2 Å². The third-order valence-corrected chi connectivity index (χ3v) is 1.32. The van der Waals surface area contributed by atoms with E-state index >= 15 is 0 Å². The molecule has 0 aliphatic carbocycles. The van der Waals surface area contributed by atoms with Crippen molar-refractivity contribution in [3.05, 3.63) is 36.2 Å². The van der Waals surface area contributed by atoms with Crippen LogP contribution in [0.4, 0.5) is 17.6 Å². The number of allylic oxidation sites excluding steroid dienone is 3. The van der Waals surface area contributed by atoms with Gasteiger partial charge >= 0.3 is 12.1 Å². The molecule has 0 fully saturated rings. The normalized spacial score (nSPS) is 12.4. The fraction of sp³-hybridized carbons (Fsp3) is 0.222. The minimum Gasteiger partial charge on any atom is -0.481 e. The lowest BCUT2D eigenvalue weighted by Crippen LogP contribution is -2.12. The monoisotopic (exact) mass is 224 g/mol. The summed E-state index contributed by atoms with van der Waals surface area (Å²) in [7, 11) is 0. The Morgan fingerprint density at radius 2 is 1.80 bits per heavy atom. The van der Waals surface area contributed by atoms with Gasteiger partial charge in [0.25, 0.3) is 0 Å². The molecule has 0 aromatic carbocycles. The molecule has 0 saturated carbocycles. The van der Waals surface area contributed by atoms with E-state index in [0.717, 1.165) is 0 Å². The van der Waals surface area contributed by atoms with Crippen molar-refractivity contribution in [3.8, 4) is 0 Å². The van der Waals surface area contributed by atoms with Crippen molar-refractivity contribution in [2.24, 2.45) is 0 Å². The predicted octanol–water partition coefficient (Wildman–Crippen LogP) is 2.99. The Balaban J connectivity index is 4.94. The summed E-state index contributed by atoms with van der Waals surface area (Å²) in [5.41, 5.74) is -1.97. The molecule has 0 saturated heterocycles. The molecular formula is C9H8F4O2. The van der Waals surface area contributed by atoms with Gasteiger partial charge in [0.15, 0.2) is 0 Å². The molecule has 0 spiro atoms. The lowest BCUT2D eigenvalue weighted by Gasteiger charge is -2.09. The Kier molecular flexibility index (Phi) is 4.26. The van der Waals surface area contributed by atoms with E-state index in [9.17, 15) is 22.4 Å². The van der Waals surface area contributed by atoms with Gasteiger partial charge in [0.05, 0.1) is 12.0 Å². The molecule has 6 heteroatoms. The van der Waals surface area contributed by atoms with Crippen molar-refractivity contribution < 1.29 is 27.5 Å². The van der Waals surface area contributed by atoms with Crippen LogP contribution in [0.25, 0.3) is 0 Å². The van der Waals surface area contributed by atoms with Gasteiger partial charge in [-0.1, -0.05) is 13.2 Å². The summed E-state index contributed by atoms with van der Waals surface area (Å²) in [6, 6.07) is 0. The van der Waals surface area contributed by atoms with Crippen molar-refractivity contribution >= 4 is 5.97 Å². The minimum atomic E-state index is -4.91. The van der Waals surface area contributed by atoms with E-state index in [1.807, 2.05) is 0 Å². The molecule has 0 rings (SSSR count). The van der Waals surface area contributed by atoms with Gasteiger partial charge in [-0.25, -0.2) is 4.39 Å². The molecule has 0 aliphatic heterocycles. The molecule has 0 bridgehead atoms. The number of carboxylic acids is 1. The van der Waals surface area contributed by atoms with Crippen LogP contribution in [-0.2, 0) is 4.79 Å². The SMILES string of the molecule is C=C(/C=C(\C(=C)F)C(F)(F)F)CC(=O)O. The van der Waals surface area contributed by atoms with Crippen molar-refractivity contribution in [1.82, 2.24) is 0 Å². The summed E-state index contributed by atoms with van der Waals surface area (Å²) in [5.74, 6) is -3.02. The second-order valence-corrected chi connectivity index (χ2v) is 2.69. The first-order chi connectivity index (χ1) is 6.64. The highest BCUT2D eigenvalue weighted by atomic mass is 19.4. The van der Waals surface area contributed by atoms with Crippen molar-refractivity contribution in [3.63, 3.8) is 0 Å². The minimum absolute atomic E-state index is 0.330. The molecule has 0 heterocycles. The maximum atomic E-state index is 12.4. The standard InChI is InChI=1S/C9H8F4O2/c1-5(4-8(14)15)3-7(6(2)10)9(11,12)13/h3H,1-2,4H2,(H,14,15)/b7-3+. The zero-order chi connectivity index (χ0) is 12.2. The largest absolute Gasteiger partial charge is 0.481 e. The Hall–Kier alpha value is -1.59.